The summed E-state index contributed by atoms with van der Waals surface area (Å²) in [5.74, 6) is -0.467. The molecule has 0 spiro atoms. The van der Waals surface area contributed by atoms with Gasteiger partial charge in [0.25, 0.3) is 22.7 Å². The number of ether oxygens (including phenoxy) is 1. The number of nitrogens with one attached hydrogen (secondary N) is 1. The molecule has 87 heavy (non-hydrogen) atoms. The first-order valence-electron chi connectivity index (χ1n) is 30.2. The van der Waals surface area contributed by atoms with Crippen molar-refractivity contribution < 1.29 is 33.6 Å². The average Bonchev–Trinajstić information content (AvgIpc) is 3.75. The van der Waals surface area contributed by atoms with E-state index in [1.54, 1.807) is 41.3 Å². The van der Waals surface area contributed by atoms with Gasteiger partial charge in [-0.3, -0.25) is 40.5 Å². The number of amides is 1. The molecule has 0 aromatic heterocycles. The van der Waals surface area contributed by atoms with Gasteiger partial charge in [-0.05, 0) is 108 Å². The molecule has 0 unspecified atom stereocenters. The lowest BCUT2D eigenvalue weighted by atomic mass is 10.2. The second kappa shape index (κ2) is 44.3. The molecule has 1 amide bonds. The van der Waals surface area contributed by atoms with Gasteiger partial charge in [-0.1, -0.05) is 69.2 Å². The molecule has 5 aromatic rings. The third-order valence-corrected chi connectivity index (χ3v) is 12.6. The van der Waals surface area contributed by atoms with Gasteiger partial charge in [-0.2, -0.15) is 0 Å². The molecule has 0 aliphatic carbocycles. The van der Waals surface area contributed by atoms with E-state index in [1.165, 1.54) is 17.8 Å². The maximum Gasteiger partial charge on any atom is 0.410 e. The fourth-order valence-electron chi connectivity index (χ4n) is 8.13. The van der Waals surface area contributed by atoms with Gasteiger partial charge in [-0.15, -0.1) is 0 Å². The van der Waals surface area contributed by atoms with E-state index in [0.29, 0.717) is 26.2 Å². The quantitative estimate of drug-likeness (QED) is 0.0831. The second-order valence-electron chi connectivity index (χ2n) is 19.4. The van der Waals surface area contributed by atoms with Crippen molar-refractivity contribution in [1.29, 1.82) is 0 Å². The first kappa shape index (κ1) is 78.8. The van der Waals surface area contributed by atoms with Crippen LogP contribution in [0.1, 0.15) is 90.0 Å². The number of benzene rings is 5. The van der Waals surface area contributed by atoms with E-state index in [-0.39, 0.29) is 38.7 Å². The summed E-state index contributed by atoms with van der Waals surface area (Å²) < 4.78 is 17.5. The van der Waals surface area contributed by atoms with E-state index in [4.69, 9.17) is 10.5 Å². The van der Waals surface area contributed by atoms with E-state index >= 15 is 0 Å². The predicted molar refractivity (Wildman–Crippen MR) is 354 cm³/mol. The minimum Gasteiger partial charge on any atom is -0.444 e. The number of hydrogen-bond acceptors (Lipinski definition) is 18. The van der Waals surface area contributed by atoms with Crippen LogP contribution in [-0.4, -0.2) is 165 Å². The number of nitrogens with zero attached hydrogens (tertiary/aromatic N) is 11. The molecule has 0 bridgehead atoms. The highest BCUT2D eigenvalue weighted by Crippen LogP contribution is 2.24. The van der Waals surface area contributed by atoms with Gasteiger partial charge in [0.1, 0.15) is 11.4 Å². The number of piperazine rings is 4. The van der Waals surface area contributed by atoms with Crippen molar-refractivity contribution in [3.8, 4) is 0 Å². The maximum absolute atomic E-state index is 12.1. The van der Waals surface area contributed by atoms with Crippen LogP contribution in [0.3, 0.4) is 0 Å². The van der Waals surface area contributed by atoms with Crippen LogP contribution in [0.4, 0.5) is 60.4 Å². The van der Waals surface area contributed by atoms with Crippen LogP contribution in [0.5, 0.6) is 0 Å². The molecule has 24 heteroatoms. The van der Waals surface area contributed by atoms with Crippen LogP contribution >= 0.6 is 0 Å². The van der Waals surface area contributed by atoms with Crippen molar-refractivity contribution in [2.24, 2.45) is 0 Å². The van der Waals surface area contributed by atoms with Gasteiger partial charge in [0, 0.05) is 182 Å². The van der Waals surface area contributed by atoms with E-state index in [9.17, 15) is 49.6 Å². The highest BCUT2D eigenvalue weighted by Gasteiger charge is 2.26. The molecule has 9 rings (SSSR count). The number of halogens is 1. The number of nitrogens with two attached hydrogens (primary N) is 1. The van der Waals surface area contributed by atoms with Crippen LogP contribution in [0.15, 0.2) is 121 Å². The number of nitro benzene ring substituents is 4. The third-order valence-electron chi connectivity index (χ3n) is 12.6. The van der Waals surface area contributed by atoms with Crippen LogP contribution < -0.4 is 30.7 Å². The number of hydrogen-bond donors (Lipinski definition) is 2. The molecule has 4 aliphatic rings. The number of nitro groups is 4. The van der Waals surface area contributed by atoms with E-state index in [2.05, 4.69) is 60.9 Å². The second-order valence-corrected chi connectivity index (χ2v) is 19.4. The third kappa shape index (κ3) is 30.6. The summed E-state index contributed by atoms with van der Waals surface area (Å²) in [6, 6.07) is 32.4. The predicted octanol–water partition coefficient (Wildman–Crippen LogP) is 12.9. The Bertz CT molecular complexity index is 2640. The molecule has 4 heterocycles. The number of rotatable bonds is 8. The van der Waals surface area contributed by atoms with Crippen molar-refractivity contribution in [2.75, 3.05) is 144 Å². The smallest absolute Gasteiger partial charge is 0.410 e. The fourth-order valence-corrected chi connectivity index (χ4v) is 8.13. The Kier molecular flexibility index (Phi) is 40.1. The Balaban J connectivity index is 0.00000104. The summed E-state index contributed by atoms with van der Waals surface area (Å²) in [6.45, 7) is 40.4. The minimum atomic E-state index is -0.570. The number of carbonyl (C=O) groups excluding carboxylic acids is 1. The monoisotopic (exact) mass is 1220 g/mol. The zero-order valence-electron chi connectivity index (χ0n) is 54.3. The standard InChI is InChI=1S/C15H21N3O4.C11H15N3O2.C11H17N3.C10H13N3O2.C6H4FNO2.5C2H6/c1-15(2,3)22-14(19)17-10-8-16(9-11-17)12-4-6-13(7-5-12)18(20)21;1-12-6-8-13(9-7-12)10-2-4-11(5-3-10)14(15)16;1-13-6-8-14(9-7-13)11-4-2-10(12)3-5-11;14-13(15)10-3-1-9(2-4-10)12-7-5-11-6-8-12;7-5-1-3-6(4-2-5)8(9)10;5*1-2/h4-7H,8-11H2,1-3H3;2-5H,6-9H2,1H3;2-5H,6-9,12H2,1H3;1-4,11H,5-8H2;1-4H;5*1-2H3. The van der Waals surface area contributed by atoms with Gasteiger partial charge in [0.2, 0.25) is 0 Å². The molecular formula is C63H100FN13O10. The molecule has 3 N–H and O–H groups in total. The van der Waals surface area contributed by atoms with Crippen LogP contribution in [0.25, 0.3) is 0 Å². The molecule has 4 saturated heterocycles. The summed E-state index contributed by atoms with van der Waals surface area (Å²) in [5, 5.41) is 44.9. The zero-order chi connectivity index (χ0) is 66.1. The van der Waals surface area contributed by atoms with Crippen molar-refractivity contribution in [3.63, 3.8) is 0 Å². The summed E-state index contributed by atoms with van der Waals surface area (Å²) in [6.07, 6.45) is -0.296. The topological polar surface area (TPSA) is 260 Å². The summed E-state index contributed by atoms with van der Waals surface area (Å²) >= 11 is 0. The Hall–Kier alpha value is -8.22. The number of non-ortho nitro benzene ring substituents is 4. The molecule has 23 nitrogen and oxygen atoms in total. The average molecular weight is 1220 g/mol. The Morgan fingerprint density at radius 3 is 0.931 bits per heavy atom. The summed E-state index contributed by atoms with van der Waals surface area (Å²) in [7, 11) is 4.27. The van der Waals surface area contributed by atoms with Crippen LogP contribution in [0.2, 0.25) is 0 Å². The summed E-state index contributed by atoms with van der Waals surface area (Å²) in [5.41, 5.74) is 10.6. The largest absolute Gasteiger partial charge is 0.444 e. The van der Waals surface area contributed by atoms with Crippen molar-refractivity contribution >= 4 is 57.3 Å². The molecule has 4 aliphatic heterocycles. The first-order chi connectivity index (χ1) is 41.6. The van der Waals surface area contributed by atoms with Crippen molar-refractivity contribution in [2.45, 2.75) is 95.6 Å². The van der Waals surface area contributed by atoms with Gasteiger partial charge < -0.3 is 50.1 Å². The minimum absolute atomic E-state index is 0.0798. The molecule has 484 valence electrons. The first-order valence-corrected chi connectivity index (χ1v) is 30.2. The highest BCUT2D eigenvalue weighted by atomic mass is 19.1. The van der Waals surface area contributed by atoms with Gasteiger partial charge >= 0.3 is 6.09 Å². The Morgan fingerprint density at radius 1 is 0.425 bits per heavy atom. The SMILES string of the molecule is CC.CC.CC.CC.CC.CC(C)(C)OC(=O)N1CCN(c2ccc([N+](=O)[O-])cc2)CC1.CN1CCN(c2ccc(N)cc2)CC1.CN1CCN(c2ccc([N+](=O)[O-])cc2)CC1.O=[N+]([O-])c1ccc(F)cc1.O=[N+]([O-])c1ccc(N2CCNCC2)cc1. The van der Waals surface area contributed by atoms with Crippen LogP contribution in [-0.2, 0) is 4.74 Å². The lowest BCUT2D eigenvalue weighted by Crippen LogP contribution is -2.50. The Labute approximate surface area is 516 Å². The molecule has 0 atom stereocenters. The lowest BCUT2D eigenvalue weighted by Gasteiger charge is -2.36. The van der Waals surface area contributed by atoms with Crippen molar-refractivity contribution in [1.82, 2.24) is 20.0 Å². The number of likely N-dealkylation sites (N-methyl/N-ethyl adjacent to an activating group) is 2. The number of carbonyl (C=O) groups is 1. The Morgan fingerprint density at radius 2 is 0.667 bits per heavy atom. The van der Waals surface area contributed by atoms with Gasteiger partial charge in [0.05, 0.1) is 19.7 Å². The summed E-state index contributed by atoms with van der Waals surface area (Å²) in [4.78, 5) is 67.2. The van der Waals surface area contributed by atoms with E-state index < -0.39 is 21.3 Å². The van der Waals surface area contributed by atoms with E-state index in [0.717, 1.165) is 126 Å². The van der Waals surface area contributed by atoms with E-state index in [1.807, 2.05) is 126 Å². The molecule has 5 aromatic carbocycles. The van der Waals surface area contributed by atoms with Crippen molar-refractivity contribution in [3.05, 3.63) is 168 Å². The molecular weight excluding hydrogens is 1120 g/mol. The fraction of sp³-hybridized carbons (Fsp3) is 0.508. The number of anilines is 5. The molecule has 0 radical (unpaired) electrons. The maximum atomic E-state index is 12.1. The van der Waals surface area contributed by atoms with Gasteiger partial charge in [-0.25, -0.2) is 9.18 Å². The number of nitrogen functional groups attached to an aromatic ring is 1. The molecule has 0 saturated carbocycles. The van der Waals surface area contributed by atoms with Crippen LogP contribution in [0, 0.1) is 46.3 Å². The highest BCUT2D eigenvalue weighted by molar-refractivity contribution is 5.68. The zero-order valence-corrected chi connectivity index (χ0v) is 54.3. The van der Waals surface area contributed by atoms with Gasteiger partial charge in [0.15, 0.2) is 0 Å². The normalized spacial score (nSPS) is 14.4. The molecule has 4 fully saturated rings. The lowest BCUT2D eigenvalue weighted by molar-refractivity contribution is -0.385.